The molecule has 0 fully saturated rings. The number of nitrogens with zero attached hydrogens (tertiary/aromatic N) is 2. The molecule has 0 spiro atoms. The zero-order valence-corrected chi connectivity index (χ0v) is 15.1. The second-order valence-corrected chi connectivity index (χ2v) is 6.43. The Morgan fingerprint density at radius 3 is 2.58 bits per heavy atom. The maximum atomic E-state index is 12.6. The SMILES string of the molecule is CCNC(=NCc1nc(C(F)(F)F)cs1)NCC(CO)c1ccccc1. The van der Waals surface area contributed by atoms with Crippen LogP contribution in [0.2, 0.25) is 0 Å². The molecule has 26 heavy (non-hydrogen) atoms. The van der Waals surface area contributed by atoms with Crippen LogP contribution < -0.4 is 10.6 Å². The molecule has 1 unspecified atom stereocenters. The average molecular weight is 386 g/mol. The molecule has 0 aliphatic rings. The molecule has 1 aromatic heterocycles. The van der Waals surface area contributed by atoms with Crippen LogP contribution in [0.3, 0.4) is 0 Å². The largest absolute Gasteiger partial charge is 0.434 e. The van der Waals surface area contributed by atoms with Gasteiger partial charge in [0.05, 0.1) is 13.2 Å². The lowest BCUT2D eigenvalue weighted by molar-refractivity contribution is -0.140. The van der Waals surface area contributed by atoms with E-state index in [1.165, 1.54) is 0 Å². The van der Waals surface area contributed by atoms with Gasteiger partial charge in [0.2, 0.25) is 0 Å². The van der Waals surface area contributed by atoms with Crippen LogP contribution in [0, 0.1) is 0 Å². The van der Waals surface area contributed by atoms with Crippen LogP contribution in [0.15, 0.2) is 40.7 Å². The second-order valence-electron chi connectivity index (χ2n) is 5.49. The number of aliphatic hydroxyl groups is 1. The number of rotatable bonds is 7. The van der Waals surface area contributed by atoms with Gasteiger partial charge in [-0.15, -0.1) is 11.3 Å². The van der Waals surface area contributed by atoms with Gasteiger partial charge in [0.15, 0.2) is 11.7 Å². The molecule has 0 aliphatic heterocycles. The Morgan fingerprint density at radius 2 is 2.00 bits per heavy atom. The smallest absolute Gasteiger partial charge is 0.396 e. The molecule has 1 heterocycles. The fourth-order valence-electron chi connectivity index (χ4n) is 2.24. The average Bonchev–Trinajstić information content (AvgIpc) is 3.10. The third-order valence-corrected chi connectivity index (χ3v) is 4.40. The van der Waals surface area contributed by atoms with Crippen molar-refractivity contribution in [2.45, 2.75) is 25.6 Å². The highest BCUT2D eigenvalue weighted by Crippen LogP contribution is 2.30. The molecule has 0 amide bonds. The van der Waals surface area contributed by atoms with E-state index in [0.29, 0.717) is 19.0 Å². The van der Waals surface area contributed by atoms with Crippen LogP contribution in [0.25, 0.3) is 0 Å². The van der Waals surface area contributed by atoms with E-state index in [0.717, 1.165) is 22.3 Å². The van der Waals surface area contributed by atoms with E-state index in [-0.39, 0.29) is 24.1 Å². The van der Waals surface area contributed by atoms with Gasteiger partial charge < -0.3 is 15.7 Å². The van der Waals surface area contributed by atoms with Crippen molar-refractivity contribution < 1.29 is 18.3 Å². The molecule has 0 bridgehead atoms. The summed E-state index contributed by atoms with van der Waals surface area (Å²) in [6.45, 7) is 2.96. The summed E-state index contributed by atoms with van der Waals surface area (Å²) in [5.41, 5.74) is 0.100. The number of hydrogen-bond acceptors (Lipinski definition) is 4. The lowest BCUT2D eigenvalue weighted by Crippen LogP contribution is -2.39. The summed E-state index contributed by atoms with van der Waals surface area (Å²) in [4.78, 5) is 7.84. The van der Waals surface area contributed by atoms with Crippen molar-refractivity contribution in [3.63, 3.8) is 0 Å². The Kier molecular flexibility index (Phi) is 7.40. The number of halogens is 3. The van der Waals surface area contributed by atoms with Crippen molar-refractivity contribution >= 4 is 17.3 Å². The van der Waals surface area contributed by atoms with E-state index in [1.807, 2.05) is 37.3 Å². The van der Waals surface area contributed by atoms with Gasteiger partial charge in [-0.05, 0) is 12.5 Å². The minimum Gasteiger partial charge on any atom is -0.396 e. The third-order valence-electron chi connectivity index (χ3n) is 3.57. The molecule has 0 saturated heterocycles. The Bertz CT molecular complexity index is 704. The van der Waals surface area contributed by atoms with Crippen molar-refractivity contribution in [2.75, 3.05) is 19.7 Å². The van der Waals surface area contributed by atoms with Crippen LogP contribution in [0.1, 0.15) is 29.1 Å². The predicted octanol–water partition coefficient (Wildman–Crippen LogP) is 2.99. The number of aliphatic hydroxyl groups excluding tert-OH is 1. The van der Waals surface area contributed by atoms with Crippen molar-refractivity contribution in [1.82, 2.24) is 15.6 Å². The summed E-state index contributed by atoms with van der Waals surface area (Å²) in [6, 6.07) is 9.57. The zero-order chi connectivity index (χ0) is 19.0. The van der Waals surface area contributed by atoms with E-state index < -0.39 is 11.9 Å². The van der Waals surface area contributed by atoms with Gasteiger partial charge in [-0.3, -0.25) is 0 Å². The Balaban J connectivity index is 1.99. The van der Waals surface area contributed by atoms with E-state index in [2.05, 4.69) is 20.6 Å². The molecule has 5 nitrogen and oxygen atoms in total. The fraction of sp³-hybridized carbons (Fsp3) is 0.412. The number of benzene rings is 1. The molecule has 2 rings (SSSR count). The lowest BCUT2D eigenvalue weighted by Gasteiger charge is -2.17. The van der Waals surface area contributed by atoms with Crippen LogP contribution in [0.5, 0.6) is 0 Å². The first-order valence-electron chi connectivity index (χ1n) is 8.13. The van der Waals surface area contributed by atoms with E-state index >= 15 is 0 Å². The first-order chi connectivity index (χ1) is 12.4. The van der Waals surface area contributed by atoms with Crippen LogP contribution in [0.4, 0.5) is 13.2 Å². The van der Waals surface area contributed by atoms with Crippen molar-refractivity contribution in [3.05, 3.63) is 52.0 Å². The number of nitrogens with one attached hydrogen (secondary N) is 2. The first-order valence-corrected chi connectivity index (χ1v) is 9.01. The molecule has 1 aromatic carbocycles. The number of alkyl halides is 3. The quantitative estimate of drug-likeness (QED) is 0.505. The molecule has 0 aliphatic carbocycles. The maximum Gasteiger partial charge on any atom is 0.434 e. The van der Waals surface area contributed by atoms with E-state index in [4.69, 9.17) is 0 Å². The van der Waals surface area contributed by atoms with Crippen LogP contribution >= 0.6 is 11.3 Å². The predicted molar refractivity (Wildman–Crippen MR) is 96.2 cm³/mol. The van der Waals surface area contributed by atoms with Crippen molar-refractivity contribution in [2.24, 2.45) is 4.99 Å². The Labute approximate surface area is 154 Å². The topological polar surface area (TPSA) is 69.5 Å². The standard InChI is InChI=1S/C17H21F3N4OS/c1-2-21-16(22-8-13(10-25)12-6-4-3-5-7-12)23-9-15-24-14(11-26-15)17(18,19)20/h3-7,11,13,25H,2,8-10H2,1H3,(H2,21,22,23). The Hall–Kier alpha value is -2.13. The summed E-state index contributed by atoms with van der Waals surface area (Å²) in [7, 11) is 0. The minimum absolute atomic E-state index is 0.0299. The molecular weight excluding hydrogens is 365 g/mol. The number of guanidine groups is 1. The molecule has 142 valence electrons. The molecule has 0 saturated carbocycles. The summed E-state index contributed by atoms with van der Waals surface area (Å²) >= 11 is 0.929. The van der Waals surface area contributed by atoms with Gasteiger partial charge in [0, 0.05) is 24.4 Å². The highest BCUT2D eigenvalue weighted by molar-refractivity contribution is 7.09. The van der Waals surface area contributed by atoms with Gasteiger partial charge in [0.1, 0.15) is 5.01 Å². The van der Waals surface area contributed by atoms with Crippen LogP contribution in [-0.4, -0.2) is 35.7 Å². The van der Waals surface area contributed by atoms with E-state index in [1.54, 1.807) is 0 Å². The van der Waals surface area contributed by atoms with E-state index in [9.17, 15) is 18.3 Å². The highest BCUT2D eigenvalue weighted by Gasteiger charge is 2.33. The van der Waals surface area contributed by atoms with Crippen molar-refractivity contribution in [1.29, 1.82) is 0 Å². The number of aromatic nitrogens is 1. The van der Waals surface area contributed by atoms with Gasteiger partial charge in [0.25, 0.3) is 0 Å². The maximum absolute atomic E-state index is 12.6. The molecule has 3 N–H and O–H groups in total. The minimum atomic E-state index is -4.44. The molecule has 0 radical (unpaired) electrons. The molecule has 9 heteroatoms. The van der Waals surface area contributed by atoms with Crippen LogP contribution in [-0.2, 0) is 12.7 Å². The Morgan fingerprint density at radius 1 is 1.27 bits per heavy atom. The number of hydrogen-bond donors (Lipinski definition) is 3. The molecule has 1 atom stereocenters. The summed E-state index contributed by atoms with van der Waals surface area (Å²) in [6.07, 6.45) is -4.44. The summed E-state index contributed by atoms with van der Waals surface area (Å²) in [5.74, 6) is 0.349. The molecular formula is C17H21F3N4OS. The lowest BCUT2D eigenvalue weighted by atomic mass is 10.0. The van der Waals surface area contributed by atoms with Gasteiger partial charge in [-0.25, -0.2) is 9.98 Å². The number of aliphatic imine (C=N–C) groups is 1. The highest BCUT2D eigenvalue weighted by atomic mass is 32.1. The fourth-order valence-corrected chi connectivity index (χ4v) is 2.96. The van der Waals surface area contributed by atoms with Gasteiger partial charge in [-0.1, -0.05) is 30.3 Å². The molecule has 2 aromatic rings. The summed E-state index contributed by atoms with van der Waals surface area (Å²) in [5, 5.41) is 17.0. The normalized spacial score (nSPS) is 13.5. The third kappa shape index (κ3) is 5.99. The number of thiazole rings is 1. The monoisotopic (exact) mass is 386 g/mol. The first kappa shape index (κ1) is 20.2. The second kappa shape index (κ2) is 9.54. The van der Waals surface area contributed by atoms with Gasteiger partial charge in [-0.2, -0.15) is 13.2 Å². The van der Waals surface area contributed by atoms with Gasteiger partial charge >= 0.3 is 6.18 Å². The zero-order valence-electron chi connectivity index (χ0n) is 14.3. The summed E-state index contributed by atoms with van der Waals surface area (Å²) < 4.78 is 37.8. The van der Waals surface area contributed by atoms with Crippen molar-refractivity contribution in [3.8, 4) is 0 Å².